The first-order chi connectivity index (χ1) is 13.2. The zero-order valence-corrected chi connectivity index (χ0v) is 16.0. The number of rotatable bonds is 5. The molecule has 4 rings (SSSR count). The Morgan fingerprint density at radius 3 is 2.85 bits per heavy atom. The van der Waals surface area contributed by atoms with Crippen molar-refractivity contribution < 1.29 is 9.90 Å². The Kier molecular flexibility index (Phi) is 5.36. The number of nitrogens with zero attached hydrogens (tertiary/aromatic N) is 2. The van der Waals surface area contributed by atoms with Crippen LogP contribution in [-0.2, 0) is 0 Å². The van der Waals surface area contributed by atoms with Gasteiger partial charge in [0.2, 0.25) is 0 Å². The minimum Gasteiger partial charge on any atom is -0.508 e. The molecule has 27 heavy (non-hydrogen) atoms. The summed E-state index contributed by atoms with van der Waals surface area (Å²) in [5.74, 6) is 0.186. The van der Waals surface area contributed by atoms with Crippen molar-refractivity contribution in [3.63, 3.8) is 0 Å². The summed E-state index contributed by atoms with van der Waals surface area (Å²) in [7, 11) is 0. The maximum atomic E-state index is 12.6. The van der Waals surface area contributed by atoms with Crippen LogP contribution in [0.15, 0.2) is 42.7 Å². The minimum atomic E-state index is -0.0323. The number of benzene rings is 1. The molecule has 1 saturated heterocycles. The first-order valence-electron chi connectivity index (χ1n) is 9.38. The Hall–Kier alpha value is -2.44. The average molecular weight is 382 g/mol. The number of aromatic hydroxyl groups is 1. The van der Waals surface area contributed by atoms with E-state index in [4.69, 9.17) is 0 Å². The molecule has 0 atom stereocenters. The predicted molar refractivity (Wildman–Crippen MR) is 109 cm³/mol. The lowest BCUT2D eigenvalue weighted by molar-refractivity contribution is 0.0950. The molecule has 0 aliphatic carbocycles. The van der Waals surface area contributed by atoms with Gasteiger partial charge in [-0.05, 0) is 49.7 Å². The number of phenols is 1. The molecule has 2 N–H and O–H groups in total. The lowest BCUT2D eigenvalue weighted by Gasteiger charge is -2.26. The number of aromatic nitrogens is 1. The second-order valence-corrected chi connectivity index (χ2v) is 8.00. The second-order valence-electron chi connectivity index (χ2n) is 6.92. The maximum absolute atomic E-state index is 12.6. The lowest BCUT2D eigenvalue weighted by Crippen LogP contribution is -2.37. The van der Waals surface area contributed by atoms with Crippen LogP contribution in [-0.4, -0.2) is 47.1 Å². The zero-order chi connectivity index (χ0) is 18.6. The lowest BCUT2D eigenvalue weighted by atomic mass is 10.0. The summed E-state index contributed by atoms with van der Waals surface area (Å²) in [6.07, 6.45) is 7.41. The minimum absolute atomic E-state index is 0.0323. The molecule has 5 nitrogen and oxygen atoms in total. The van der Waals surface area contributed by atoms with Crippen LogP contribution in [0.3, 0.4) is 0 Å². The van der Waals surface area contributed by atoms with E-state index in [0.717, 1.165) is 40.8 Å². The number of fused-ring (bicyclic) bond motifs is 1. The van der Waals surface area contributed by atoms with Crippen LogP contribution in [0.2, 0.25) is 0 Å². The Balaban J connectivity index is 1.49. The maximum Gasteiger partial charge on any atom is 0.261 e. The molecule has 0 saturated carbocycles. The molecular weight excluding hydrogens is 358 g/mol. The summed E-state index contributed by atoms with van der Waals surface area (Å²) in [6.45, 7) is 3.85. The molecule has 140 valence electrons. The first-order valence-corrected chi connectivity index (χ1v) is 10.2. The fourth-order valence-corrected chi connectivity index (χ4v) is 4.54. The van der Waals surface area contributed by atoms with Gasteiger partial charge in [-0.25, -0.2) is 0 Å². The molecule has 1 aliphatic rings. The van der Waals surface area contributed by atoms with E-state index >= 15 is 0 Å². The predicted octanol–water partition coefficient (Wildman–Crippen LogP) is 3.88. The van der Waals surface area contributed by atoms with Gasteiger partial charge in [-0.2, -0.15) is 0 Å². The van der Waals surface area contributed by atoms with Crippen molar-refractivity contribution in [1.82, 2.24) is 15.2 Å². The normalized spacial score (nSPS) is 15.1. The highest BCUT2D eigenvalue weighted by molar-refractivity contribution is 7.20. The number of hydrogen-bond donors (Lipinski definition) is 2. The number of carbonyl (C=O) groups excluding carboxylic acids is 1. The van der Waals surface area contributed by atoms with Crippen LogP contribution >= 0.6 is 11.3 Å². The number of phenolic OH excluding ortho intramolecular Hbond substituents is 1. The van der Waals surface area contributed by atoms with E-state index in [1.54, 1.807) is 24.5 Å². The number of likely N-dealkylation sites (tertiary alicyclic amines) is 1. The Labute approximate surface area is 162 Å². The van der Waals surface area contributed by atoms with E-state index in [1.165, 1.54) is 30.6 Å². The third kappa shape index (κ3) is 4.12. The van der Waals surface area contributed by atoms with E-state index in [0.29, 0.717) is 11.4 Å². The average Bonchev–Trinajstić information content (AvgIpc) is 3.13. The molecule has 0 unspecified atom stereocenters. The van der Waals surface area contributed by atoms with Crippen LogP contribution in [0.4, 0.5) is 0 Å². The number of carbonyl (C=O) groups is 1. The molecule has 1 fully saturated rings. The van der Waals surface area contributed by atoms with Crippen molar-refractivity contribution in [2.45, 2.75) is 19.3 Å². The van der Waals surface area contributed by atoms with Crippen molar-refractivity contribution in [2.24, 2.45) is 0 Å². The summed E-state index contributed by atoms with van der Waals surface area (Å²) < 4.78 is 0.969. The summed E-state index contributed by atoms with van der Waals surface area (Å²) >= 11 is 1.45. The summed E-state index contributed by atoms with van der Waals surface area (Å²) in [5, 5.41) is 13.8. The van der Waals surface area contributed by atoms with Gasteiger partial charge in [-0.1, -0.05) is 18.6 Å². The highest BCUT2D eigenvalue weighted by Gasteiger charge is 2.15. The monoisotopic (exact) mass is 381 g/mol. The van der Waals surface area contributed by atoms with Crippen LogP contribution < -0.4 is 5.32 Å². The number of piperidine rings is 1. The number of thiophene rings is 1. The van der Waals surface area contributed by atoms with Gasteiger partial charge in [0.15, 0.2) is 0 Å². The largest absolute Gasteiger partial charge is 0.508 e. The summed E-state index contributed by atoms with van der Waals surface area (Å²) in [4.78, 5) is 20.0. The van der Waals surface area contributed by atoms with Crippen LogP contribution in [0.1, 0.15) is 28.9 Å². The van der Waals surface area contributed by atoms with E-state index in [-0.39, 0.29) is 11.7 Å². The topological polar surface area (TPSA) is 65.5 Å². The molecule has 0 spiro atoms. The SMILES string of the molecule is O=C(NCCN1CCCCC1)c1cc2c(-c3cccc(O)c3)cncc2s1. The fourth-order valence-electron chi connectivity index (χ4n) is 3.57. The number of amides is 1. The van der Waals surface area contributed by atoms with Crippen molar-refractivity contribution in [3.8, 4) is 16.9 Å². The molecule has 3 aromatic rings. The number of pyridine rings is 1. The van der Waals surface area contributed by atoms with Crippen molar-refractivity contribution in [3.05, 3.63) is 47.6 Å². The van der Waals surface area contributed by atoms with Crippen LogP contribution in [0.25, 0.3) is 21.2 Å². The molecule has 0 bridgehead atoms. The van der Waals surface area contributed by atoms with Crippen LogP contribution in [0, 0.1) is 0 Å². The van der Waals surface area contributed by atoms with Gasteiger partial charge in [-0.3, -0.25) is 9.78 Å². The molecule has 1 amide bonds. The van der Waals surface area contributed by atoms with Gasteiger partial charge in [0.1, 0.15) is 5.75 Å². The summed E-state index contributed by atoms with van der Waals surface area (Å²) in [6, 6.07) is 9.03. The second kappa shape index (κ2) is 8.06. The van der Waals surface area contributed by atoms with Gasteiger partial charge in [0.05, 0.1) is 9.58 Å². The molecule has 3 heterocycles. The third-order valence-electron chi connectivity index (χ3n) is 4.99. The summed E-state index contributed by atoms with van der Waals surface area (Å²) in [5.41, 5.74) is 1.81. The molecule has 1 aliphatic heterocycles. The van der Waals surface area contributed by atoms with Gasteiger partial charge >= 0.3 is 0 Å². The molecule has 2 aromatic heterocycles. The van der Waals surface area contributed by atoms with E-state index in [1.807, 2.05) is 18.2 Å². The van der Waals surface area contributed by atoms with Gasteiger partial charge in [-0.15, -0.1) is 11.3 Å². The van der Waals surface area contributed by atoms with Gasteiger partial charge < -0.3 is 15.3 Å². The fraction of sp³-hybridized carbons (Fsp3) is 0.333. The van der Waals surface area contributed by atoms with Gasteiger partial charge in [0.25, 0.3) is 5.91 Å². The smallest absolute Gasteiger partial charge is 0.261 e. The highest BCUT2D eigenvalue weighted by atomic mass is 32.1. The Bertz CT molecular complexity index is 948. The van der Waals surface area contributed by atoms with Crippen molar-refractivity contribution >= 4 is 27.3 Å². The first kappa shape index (κ1) is 17.9. The third-order valence-corrected chi connectivity index (χ3v) is 6.06. The highest BCUT2D eigenvalue weighted by Crippen LogP contribution is 2.34. The molecule has 0 radical (unpaired) electrons. The van der Waals surface area contributed by atoms with Gasteiger partial charge in [0, 0.05) is 36.4 Å². The Morgan fingerprint density at radius 1 is 1.19 bits per heavy atom. The van der Waals surface area contributed by atoms with E-state index in [2.05, 4.69) is 15.2 Å². The molecule has 6 heteroatoms. The van der Waals surface area contributed by atoms with Crippen molar-refractivity contribution in [1.29, 1.82) is 0 Å². The number of nitrogens with one attached hydrogen (secondary N) is 1. The zero-order valence-electron chi connectivity index (χ0n) is 15.1. The molecule has 1 aromatic carbocycles. The standard InChI is InChI=1S/C21H23N3O2S/c25-16-6-4-5-15(11-16)18-13-22-14-20-17(18)12-19(27-20)21(26)23-7-10-24-8-2-1-3-9-24/h4-6,11-14,25H,1-3,7-10H2,(H,23,26). The van der Waals surface area contributed by atoms with E-state index in [9.17, 15) is 9.90 Å². The van der Waals surface area contributed by atoms with E-state index < -0.39 is 0 Å². The number of hydrogen-bond acceptors (Lipinski definition) is 5. The van der Waals surface area contributed by atoms with Crippen LogP contribution in [0.5, 0.6) is 5.75 Å². The Morgan fingerprint density at radius 2 is 2.04 bits per heavy atom. The quantitative estimate of drug-likeness (QED) is 0.704. The van der Waals surface area contributed by atoms with Crippen molar-refractivity contribution in [2.75, 3.05) is 26.2 Å². The molecular formula is C21H23N3O2S.